The lowest BCUT2D eigenvalue weighted by atomic mass is 10.0. The van der Waals surface area contributed by atoms with E-state index in [0.717, 1.165) is 51.4 Å². The summed E-state index contributed by atoms with van der Waals surface area (Å²) in [5, 5.41) is 0. The summed E-state index contributed by atoms with van der Waals surface area (Å²) in [4.78, 5) is 34.8. The second-order valence-corrected chi connectivity index (χ2v) is 16.9. The largest absolute Gasteiger partial charge is 0.472 e. The lowest BCUT2D eigenvalue weighted by Gasteiger charge is -2.19. The number of carbonyl (C=O) groups excluding carboxylic acids is 2. The van der Waals surface area contributed by atoms with Gasteiger partial charge in [0.2, 0.25) is 0 Å². The molecule has 9 heteroatoms. The van der Waals surface area contributed by atoms with Gasteiger partial charge in [0, 0.05) is 12.8 Å². The summed E-state index contributed by atoms with van der Waals surface area (Å²) in [5.74, 6) is -0.794. The molecule has 0 fully saturated rings. The summed E-state index contributed by atoms with van der Waals surface area (Å²) in [6.45, 7) is 5.50. The fourth-order valence-electron chi connectivity index (χ4n) is 6.68. The van der Waals surface area contributed by atoms with Crippen molar-refractivity contribution in [3.8, 4) is 0 Å². The molecule has 0 aromatic carbocycles. The van der Waals surface area contributed by atoms with Crippen LogP contribution >= 0.6 is 7.82 Å². The Morgan fingerprint density at radius 2 is 0.833 bits per heavy atom. The van der Waals surface area contributed by atoms with Crippen molar-refractivity contribution in [1.82, 2.24) is 0 Å². The molecule has 0 bridgehead atoms. The first-order chi connectivity index (χ1) is 26.3. The number of phosphoric acid groups is 1. The van der Waals surface area contributed by atoms with Crippen LogP contribution in [-0.4, -0.2) is 42.8 Å². The van der Waals surface area contributed by atoms with Crippen LogP contribution in [-0.2, 0) is 32.7 Å². The molecule has 0 aliphatic heterocycles. The van der Waals surface area contributed by atoms with Gasteiger partial charge in [0.1, 0.15) is 6.61 Å². The fraction of sp³-hybridized carbons (Fsp3) is 0.911. The smallest absolute Gasteiger partial charge is 0.462 e. The van der Waals surface area contributed by atoms with E-state index in [0.29, 0.717) is 12.8 Å². The first-order valence-corrected chi connectivity index (χ1v) is 24.5. The topological polar surface area (TPSA) is 108 Å². The number of hydrogen-bond donors (Lipinski definition) is 1. The molecule has 1 N–H and O–H groups in total. The average molecular weight is 787 g/mol. The SMILES string of the molecule is CCCCCCCCC/C=C\CCCCCCCC(=O)OC(COC(=O)CCCCCCCCCCCCCCCCCCCC)COP(=O)(O)OCC. The molecule has 0 aromatic rings. The number of unbranched alkanes of at least 4 members (excludes halogenated alkanes) is 29. The highest BCUT2D eigenvalue weighted by molar-refractivity contribution is 7.47. The van der Waals surface area contributed by atoms with Gasteiger partial charge in [0.15, 0.2) is 6.10 Å². The molecule has 0 saturated carbocycles. The van der Waals surface area contributed by atoms with E-state index in [1.165, 1.54) is 148 Å². The van der Waals surface area contributed by atoms with Gasteiger partial charge < -0.3 is 14.4 Å². The van der Waals surface area contributed by atoms with E-state index in [1.807, 2.05) is 0 Å². The maximum atomic E-state index is 12.6. The van der Waals surface area contributed by atoms with E-state index in [-0.39, 0.29) is 25.6 Å². The number of rotatable bonds is 43. The van der Waals surface area contributed by atoms with E-state index in [9.17, 15) is 19.0 Å². The summed E-state index contributed by atoms with van der Waals surface area (Å²) in [5.41, 5.74) is 0. The Kier molecular flexibility index (Phi) is 40.5. The van der Waals surface area contributed by atoms with Gasteiger partial charge in [0.05, 0.1) is 13.2 Å². The van der Waals surface area contributed by atoms with Gasteiger partial charge in [-0.15, -0.1) is 0 Å². The first kappa shape index (κ1) is 52.8. The quantitative estimate of drug-likeness (QED) is 0.0282. The Balaban J connectivity index is 4.02. The highest BCUT2D eigenvalue weighted by Gasteiger charge is 2.25. The number of ether oxygens (including phenoxy) is 2. The molecule has 320 valence electrons. The Bertz CT molecular complexity index is 895. The van der Waals surface area contributed by atoms with Crippen LogP contribution in [0.2, 0.25) is 0 Å². The van der Waals surface area contributed by atoms with Gasteiger partial charge in [-0.2, -0.15) is 0 Å². The third-order valence-corrected chi connectivity index (χ3v) is 11.1. The minimum absolute atomic E-state index is 0.00214. The maximum absolute atomic E-state index is 12.6. The summed E-state index contributed by atoms with van der Waals surface area (Å²) in [6, 6.07) is 0. The van der Waals surface area contributed by atoms with E-state index in [1.54, 1.807) is 6.92 Å². The van der Waals surface area contributed by atoms with Crippen LogP contribution in [0.1, 0.15) is 239 Å². The molecule has 0 radical (unpaired) electrons. The van der Waals surface area contributed by atoms with Crippen molar-refractivity contribution in [2.75, 3.05) is 19.8 Å². The maximum Gasteiger partial charge on any atom is 0.472 e. The lowest BCUT2D eigenvalue weighted by molar-refractivity contribution is -0.161. The van der Waals surface area contributed by atoms with E-state index >= 15 is 0 Å². The molecule has 0 rings (SSSR count). The standard InChI is InChI=1S/C45H87O8P/c1-4-7-9-11-13-15-17-19-21-23-24-26-27-29-31-33-35-37-39-44(46)50-41-43(42-52-54(48,49)51-6-3)53-45(47)40-38-36-34-32-30-28-25-22-20-18-16-14-12-10-8-5-2/h22,25,43H,4-21,23-24,26-42H2,1-3H3,(H,48,49)/b25-22-. The molecule has 54 heavy (non-hydrogen) atoms. The minimum atomic E-state index is -4.28. The van der Waals surface area contributed by atoms with Crippen molar-refractivity contribution in [3.63, 3.8) is 0 Å². The van der Waals surface area contributed by atoms with Crippen molar-refractivity contribution in [2.24, 2.45) is 0 Å². The third-order valence-electron chi connectivity index (χ3n) is 10.1. The van der Waals surface area contributed by atoms with Crippen LogP contribution < -0.4 is 0 Å². The lowest BCUT2D eigenvalue weighted by Crippen LogP contribution is -2.29. The number of phosphoric ester groups is 1. The highest BCUT2D eigenvalue weighted by Crippen LogP contribution is 2.43. The molecule has 0 saturated heterocycles. The van der Waals surface area contributed by atoms with E-state index < -0.39 is 26.5 Å². The van der Waals surface area contributed by atoms with Gasteiger partial charge in [-0.25, -0.2) is 4.57 Å². The van der Waals surface area contributed by atoms with Crippen molar-refractivity contribution in [1.29, 1.82) is 0 Å². The molecule has 2 unspecified atom stereocenters. The second-order valence-electron chi connectivity index (χ2n) is 15.4. The van der Waals surface area contributed by atoms with Crippen LogP contribution in [0.5, 0.6) is 0 Å². The van der Waals surface area contributed by atoms with Gasteiger partial charge in [-0.1, -0.05) is 193 Å². The molecular formula is C45H87O8P. The molecule has 0 heterocycles. The molecule has 2 atom stereocenters. The molecule has 0 aliphatic carbocycles. The van der Waals surface area contributed by atoms with Crippen molar-refractivity contribution in [2.45, 2.75) is 245 Å². The van der Waals surface area contributed by atoms with Gasteiger partial charge >= 0.3 is 19.8 Å². The zero-order valence-corrected chi connectivity index (χ0v) is 36.5. The number of esters is 2. The van der Waals surface area contributed by atoms with Crippen LogP contribution in [0.25, 0.3) is 0 Å². The minimum Gasteiger partial charge on any atom is -0.462 e. The summed E-state index contributed by atoms with van der Waals surface area (Å²) < 4.78 is 32.7. The monoisotopic (exact) mass is 787 g/mol. The van der Waals surface area contributed by atoms with Crippen molar-refractivity contribution >= 4 is 19.8 Å². The van der Waals surface area contributed by atoms with Gasteiger partial charge in [-0.3, -0.25) is 18.6 Å². The molecule has 0 aromatic heterocycles. The van der Waals surface area contributed by atoms with Crippen LogP contribution in [0.15, 0.2) is 12.2 Å². The molecule has 0 aliphatic rings. The molecule has 0 spiro atoms. The van der Waals surface area contributed by atoms with Crippen LogP contribution in [0, 0.1) is 0 Å². The number of hydrogen-bond acceptors (Lipinski definition) is 7. The Morgan fingerprint density at radius 1 is 0.481 bits per heavy atom. The predicted molar refractivity (Wildman–Crippen MR) is 226 cm³/mol. The fourth-order valence-corrected chi connectivity index (χ4v) is 7.44. The zero-order valence-electron chi connectivity index (χ0n) is 35.6. The normalized spacial score (nSPS) is 13.3. The van der Waals surface area contributed by atoms with Crippen LogP contribution in [0.4, 0.5) is 0 Å². The Labute approximate surface area is 333 Å². The van der Waals surface area contributed by atoms with Gasteiger partial charge in [-0.05, 0) is 45.4 Å². The summed E-state index contributed by atoms with van der Waals surface area (Å²) in [7, 11) is -4.28. The third kappa shape index (κ3) is 40.5. The average Bonchev–Trinajstić information content (AvgIpc) is 3.15. The Hall–Kier alpha value is -1.21. The predicted octanol–water partition coefficient (Wildman–Crippen LogP) is 14.5. The van der Waals surface area contributed by atoms with Crippen LogP contribution in [0.3, 0.4) is 0 Å². The van der Waals surface area contributed by atoms with E-state index in [4.69, 9.17) is 18.5 Å². The van der Waals surface area contributed by atoms with Crippen molar-refractivity contribution < 1.29 is 37.6 Å². The second kappa shape index (κ2) is 41.4. The number of allylic oxidation sites excluding steroid dienone is 2. The molecule has 8 nitrogen and oxygen atoms in total. The Morgan fingerprint density at radius 3 is 1.22 bits per heavy atom. The summed E-state index contributed by atoms with van der Waals surface area (Å²) >= 11 is 0. The summed E-state index contributed by atoms with van der Waals surface area (Å²) in [6.07, 6.45) is 44.1. The van der Waals surface area contributed by atoms with Gasteiger partial charge in [0.25, 0.3) is 0 Å². The van der Waals surface area contributed by atoms with E-state index in [2.05, 4.69) is 26.0 Å². The zero-order chi connectivity index (χ0) is 39.6. The van der Waals surface area contributed by atoms with Crippen molar-refractivity contribution in [3.05, 3.63) is 12.2 Å². The highest BCUT2D eigenvalue weighted by atomic mass is 31.2. The molecular weight excluding hydrogens is 699 g/mol. The first-order valence-electron chi connectivity index (χ1n) is 23.0. The number of carbonyl (C=O) groups is 2. The molecule has 0 amide bonds.